The van der Waals surface area contributed by atoms with E-state index in [4.69, 9.17) is 32.7 Å². The van der Waals surface area contributed by atoms with Gasteiger partial charge in [0.1, 0.15) is 6.54 Å². The van der Waals surface area contributed by atoms with Gasteiger partial charge in [0, 0.05) is 16.8 Å². The third-order valence-electron chi connectivity index (χ3n) is 4.90. The van der Waals surface area contributed by atoms with Crippen LogP contribution in [0.25, 0.3) is 0 Å². The Kier molecular flexibility index (Phi) is 8.27. The molecule has 0 saturated heterocycles. The monoisotopic (exact) mass is 562 g/mol. The number of alkyl halides is 3. The van der Waals surface area contributed by atoms with Crippen molar-refractivity contribution in [2.75, 3.05) is 30.4 Å². The lowest BCUT2D eigenvalue weighted by Crippen LogP contribution is -2.38. The highest BCUT2D eigenvalue weighted by molar-refractivity contribution is 7.92. The molecule has 0 bridgehead atoms. The highest BCUT2D eigenvalue weighted by Gasteiger charge is 2.34. The number of rotatable bonds is 8. The summed E-state index contributed by atoms with van der Waals surface area (Å²) in [5.41, 5.74) is -1.26. The normalized spacial score (nSPS) is 11.6. The van der Waals surface area contributed by atoms with Crippen LogP contribution in [-0.4, -0.2) is 35.1 Å². The van der Waals surface area contributed by atoms with Crippen LogP contribution >= 0.6 is 23.2 Å². The van der Waals surface area contributed by atoms with Crippen molar-refractivity contribution in [2.24, 2.45) is 0 Å². The first-order valence-corrected chi connectivity index (χ1v) is 12.2. The van der Waals surface area contributed by atoms with Crippen molar-refractivity contribution >= 4 is 50.5 Å². The van der Waals surface area contributed by atoms with Crippen molar-refractivity contribution in [1.82, 2.24) is 0 Å². The van der Waals surface area contributed by atoms with E-state index in [1.54, 1.807) is 0 Å². The van der Waals surface area contributed by atoms with Gasteiger partial charge in [0.05, 0.1) is 35.4 Å². The van der Waals surface area contributed by atoms with E-state index in [2.05, 4.69) is 5.32 Å². The molecule has 36 heavy (non-hydrogen) atoms. The van der Waals surface area contributed by atoms with Gasteiger partial charge in [-0.1, -0.05) is 23.2 Å². The fourth-order valence-corrected chi connectivity index (χ4v) is 4.97. The Morgan fingerprint density at radius 3 is 2.17 bits per heavy atom. The number of hydrogen-bond donors (Lipinski definition) is 1. The molecule has 0 aromatic heterocycles. The molecule has 0 aliphatic heterocycles. The van der Waals surface area contributed by atoms with Gasteiger partial charge in [0.2, 0.25) is 5.91 Å². The lowest BCUT2D eigenvalue weighted by molar-refractivity contribution is -0.137. The van der Waals surface area contributed by atoms with Crippen LogP contribution in [0.1, 0.15) is 5.56 Å². The number of sulfonamides is 1. The van der Waals surface area contributed by atoms with Gasteiger partial charge in [-0.3, -0.25) is 9.10 Å². The standard InChI is InChI=1S/C23H19Cl2F3N2O5S/c1-34-20-10-8-17(12-21(20)35-2)36(32,33)30(16-6-3-14(24)4-7-16)13-22(31)29-15-5-9-19(25)18(11-15)23(26,27)28/h3-12H,13H2,1-2H3,(H,29,31). The highest BCUT2D eigenvalue weighted by Crippen LogP contribution is 2.36. The topological polar surface area (TPSA) is 84.9 Å². The number of nitrogens with zero attached hydrogens (tertiary/aromatic N) is 1. The molecular formula is C23H19Cl2F3N2O5S. The quantitative estimate of drug-likeness (QED) is 0.371. The third-order valence-corrected chi connectivity index (χ3v) is 7.25. The SMILES string of the molecule is COc1ccc(S(=O)(=O)N(CC(=O)Nc2ccc(Cl)c(C(F)(F)F)c2)c2ccc(Cl)cc2)cc1OC. The van der Waals surface area contributed by atoms with E-state index < -0.39 is 39.2 Å². The smallest absolute Gasteiger partial charge is 0.417 e. The number of hydrogen-bond acceptors (Lipinski definition) is 5. The van der Waals surface area contributed by atoms with E-state index in [0.717, 1.165) is 10.4 Å². The van der Waals surface area contributed by atoms with Crippen LogP contribution < -0.4 is 19.1 Å². The number of methoxy groups -OCH3 is 2. The Labute approximate surface area is 215 Å². The molecule has 0 radical (unpaired) electrons. The molecule has 13 heteroatoms. The lowest BCUT2D eigenvalue weighted by atomic mass is 10.2. The first-order valence-electron chi connectivity index (χ1n) is 10.0. The zero-order valence-corrected chi connectivity index (χ0v) is 21.1. The molecule has 0 heterocycles. The van der Waals surface area contributed by atoms with Crippen LogP contribution in [0.2, 0.25) is 10.0 Å². The Bertz CT molecular complexity index is 1370. The largest absolute Gasteiger partial charge is 0.493 e. The first-order chi connectivity index (χ1) is 16.9. The predicted molar refractivity (Wildman–Crippen MR) is 131 cm³/mol. The summed E-state index contributed by atoms with van der Waals surface area (Å²) in [6.45, 7) is -0.762. The summed E-state index contributed by atoms with van der Waals surface area (Å²) < 4.78 is 77.7. The average molecular weight is 563 g/mol. The molecule has 0 unspecified atom stereocenters. The van der Waals surface area contributed by atoms with Gasteiger partial charge >= 0.3 is 6.18 Å². The molecule has 0 spiro atoms. The second kappa shape index (κ2) is 10.9. The summed E-state index contributed by atoms with van der Waals surface area (Å²) in [5, 5.41) is 2.07. The molecule has 0 saturated carbocycles. The van der Waals surface area contributed by atoms with Gasteiger partial charge in [-0.2, -0.15) is 13.2 Å². The van der Waals surface area contributed by atoms with Crippen molar-refractivity contribution in [3.63, 3.8) is 0 Å². The van der Waals surface area contributed by atoms with Crippen LogP contribution in [0.15, 0.2) is 65.6 Å². The molecule has 3 rings (SSSR count). The minimum atomic E-state index is -4.75. The number of nitrogens with one attached hydrogen (secondary N) is 1. The van der Waals surface area contributed by atoms with Crippen molar-refractivity contribution < 1.29 is 35.9 Å². The van der Waals surface area contributed by atoms with Crippen molar-refractivity contribution in [3.05, 3.63) is 76.3 Å². The number of amides is 1. The fourth-order valence-electron chi connectivity index (χ4n) is 3.18. The van der Waals surface area contributed by atoms with E-state index in [9.17, 15) is 26.4 Å². The van der Waals surface area contributed by atoms with Crippen LogP contribution in [-0.2, 0) is 21.0 Å². The summed E-state index contributed by atoms with van der Waals surface area (Å²) in [6.07, 6.45) is -4.75. The van der Waals surface area contributed by atoms with Gasteiger partial charge in [-0.25, -0.2) is 8.42 Å². The van der Waals surface area contributed by atoms with Gasteiger partial charge in [0.15, 0.2) is 11.5 Å². The van der Waals surface area contributed by atoms with Crippen molar-refractivity contribution in [2.45, 2.75) is 11.1 Å². The van der Waals surface area contributed by atoms with E-state index in [1.807, 2.05) is 0 Å². The summed E-state index contributed by atoms with van der Waals surface area (Å²) in [7, 11) is -1.64. The molecule has 1 amide bonds. The molecule has 0 aliphatic carbocycles. The average Bonchev–Trinajstić information content (AvgIpc) is 2.83. The van der Waals surface area contributed by atoms with Crippen LogP contribution in [0, 0.1) is 0 Å². The molecule has 3 aromatic carbocycles. The number of halogens is 5. The van der Waals surface area contributed by atoms with Crippen LogP contribution in [0.3, 0.4) is 0 Å². The zero-order valence-electron chi connectivity index (χ0n) is 18.8. The molecular weight excluding hydrogens is 544 g/mol. The summed E-state index contributed by atoms with van der Waals surface area (Å²) in [5.74, 6) is -0.472. The first kappa shape index (κ1) is 27.4. The number of carbonyl (C=O) groups is 1. The summed E-state index contributed by atoms with van der Waals surface area (Å²) in [4.78, 5) is 12.6. The Morgan fingerprint density at radius 2 is 1.58 bits per heavy atom. The molecule has 0 atom stereocenters. The minimum Gasteiger partial charge on any atom is -0.493 e. The van der Waals surface area contributed by atoms with Gasteiger partial charge in [-0.05, 0) is 54.6 Å². The second-order valence-electron chi connectivity index (χ2n) is 7.25. The Balaban J connectivity index is 1.98. The Hall–Kier alpha value is -3.15. The van der Waals surface area contributed by atoms with Crippen LogP contribution in [0.4, 0.5) is 24.5 Å². The van der Waals surface area contributed by atoms with Gasteiger partial charge in [-0.15, -0.1) is 0 Å². The van der Waals surface area contributed by atoms with Crippen LogP contribution in [0.5, 0.6) is 11.5 Å². The lowest BCUT2D eigenvalue weighted by Gasteiger charge is -2.24. The molecule has 0 fully saturated rings. The zero-order chi connectivity index (χ0) is 26.7. The number of anilines is 2. The molecule has 1 N–H and O–H groups in total. The maximum absolute atomic E-state index is 13.6. The number of carbonyl (C=O) groups excluding carboxylic acids is 1. The maximum atomic E-state index is 13.6. The third kappa shape index (κ3) is 6.15. The van der Waals surface area contributed by atoms with E-state index in [0.29, 0.717) is 11.1 Å². The minimum absolute atomic E-state index is 0.0939. The molecule has 0 aliphatic rings. The van der Waals surface area contributed by atoms with Gasteiger partial charge < -0.3 is 14.8 Å². The van der Waals surface area contributed by atoms with E-state index in [1.165, 1.54) is 62.8 Å². The van der Waals surface area contributed by atoms with E-state index >= 15 is 0 Å². The number of benzene rings is 3. The second-order valence-corrected chi connectivity index (χ2v) is 9.95. The fraction of sp³-hybridized carbons (Fsp3) is 0.174. The maximum Gasteiger partial charge on any atom is 0.417 e. The van der Waals surface area contributed by atoms with E-state index in [-0.39, 0.29) is 27.8 Å². The molecule has 3 aromatic rings. The number of ether oxygens (including phenoxy) is 2. The molecule has 192 valence electrons. The Morgan fingerprint density at radius 1 is 0.944 bits per heavy atom. The summed E-state index contributed by atoms with van der Waals surface area (Å²) in [6, 6.07) is 12.3. The van der Waals surface area contributed by atoms with Crippen molar-refractivity contribution in [1.29, 1.82) is 0 Å². The van der Waals surface area contributed by atoms with Gasteiger partial charge in [0.25, 0.3) is 10.0 Å². The summed E-state index contributed by atoms with van der Waals surface area (Å²) >= 11 is 11.5. The highest BCUT2D eigenvalue weighted by atomic mass is 35.5. The predicted octanol–water partition coefficient (Wildman–Crippen LogP) is 5.86. The molecule has 7 nitrogen and oxygen atoms in total. The van der Waals surface area contributed by atoms with Crippen molar-refractivity contribution in [3.8, 4) is 11.5 Å².